The van der Waals surface area contributed by atoms with Crippen molar-refractivity contribution in [2.45, 2.75) is 0 Å². The third kappa shape index (κ3) is 4.25. The van der Waals surface area contributed by atoms with Crippen molar-refractivity contribution in [3.05, 3.63) is 125 Å². The summed E-state index contributed by atoms with van der Waals surface area (Å²) in [5.74, 6) is 1.89. The van der Waals surface area contributed by atoms with Crippen molar-refractivity contribution in [3.63, 3.8) is 0 Å². The summed E-state index contributed by atoms with van der Waals surface area (Å²) in [5.41, 5.74) is 8.40. The molecule has 7 rings (SSSR count). The van der Waals surface area contributed by atoms with E-state index >= 15 is 0 Å². The van der Waals surface area contributed by atoms with Crippen LogP contribution in [0, 0.1) is 0 Å². The molecule has 4 aromatic carbocycles. The summed E-state index contributed by atoms with van der Waals surface area (Å²) >= 11 is 3.69. The van der Waals surface area contributed by atoms with Gasteiger partial charge in [-0.1, -0.05) is 107 Å². The third-order valence-corrected chi connectivity index (χ3v) is 7.69. The van der Waals surface area contributed by atoms with Crippen LogP contribution in [-0.4, -0.2) is 28.1 Å². The van der Waals surface area contributed by atoms with E-state index in [-0.39, 0.29) is 0 Å². The molecular formula is C34H25BrN4. The molecule has 0 unspecified atom stereocenters. The molecule has 0 spiro atoms. The average molecular weight is 570 g/mol. The number of anilines is 1. The Labute approximate surface area is 236 Å². The lowest BCUT2D eigenvalue weighted by atomic mass is 10.1. The van der Waals surface area contributed by atoms with E-state index in [0.717, 1.165) is 50.3 Å². The fourth-order valence-electron chi connectivity index (χ4n) is 5.36. The summed E-state index contributed by atoms with van der Waals surface area (Å²) in [6.45, 7) is 0.868. The van der Waals surface area contributed by atoms with Gasteiger partial charge in [0.05, 0.1) is 16.9 Å². The van der Waals surface area contributed by atoms with Crippen molar-refractivity contribution < 1.29 is 0 Å². The van der Waals surface area contributed by atoms with Gasteiger partial charge in [0.25, 0.3) is 0 Å². The van der Waals surface area contributed by atoms with Crippen LogP contribution in [0.5, 0.6) is 0 Å². The van der Waals surface area contributed by atoms with Crippen LogP contribution in [0.4, 0.5) is 5.82 Å². The molecule has 3 heterocycles. The maximum absolute atomic E-state index is 5.05. The van der Waals surface area contributed by atoms with Crippen molar-refractivity contribution in [2.75, 3.05) is 18.5 Å². The van der Waals surface area contributed by atoms with Gasteiger partial charge in [-0.3, -0.25) is 4.57 Å². The highest BCUT2D eigenvalue weighted by Gasteiger charge is 2.22. The van der Waals surface area contributed by atoms with Crippen LogP contribution in [0.3, 0.4) is 0 Å². The van der Waals surface area contributed by atoms with E-state index in [1.54, 1.807) is 0 Å². The second-order valence-electron chi connectivity index (χ2n) is 9.76. The largest absolute Gasteiger partial charge is 0.357 e. The highest BCUT2D eigenvalue weighted by Crippen LogP contribution is 2.40. The van der Waals surface area contributed by atoms with Crippen LogP contribution in [-0.2, 0) is 0 Å². The Hall–Kier alpha value is -4.48. The molecule has 0 atom stereocenters. The normalized spacial score (nSPS) is 12.6. The Morgan fingerprint density at radius 1 is 0.692 bits per heavy atom. The molecule has 39 heavy (non-hydrogen) atoms. The summed E-state index contributed by atoms with van der Waals surface area (Å²) in [5, 5.41) is 1.23. The average Bonchev–Trinajstić information content (AvgIpc) is 3.32. The van der Waals surface area contributed by atoms with Crippen LogP contribution in [0.2, 0.25) is 0 Å². The number of fused-ring (bicyclic) bond motifs is 3. The summed E-state index contributed by atoms with van der Waals surface area (Å²) in [6.07, 6.45) is 4.46. The molecule has 0 fully saturated rings. The minimum atomic E-state index is 0.705. The van der Waals surface area contributed by atoms with Crippen LogP contribution in [0.25, 0.3) is 56.6 Å². The quantitative estimate of drug-likeness (QED) is 0.213. The first-order valence-corrected chi connectivity index (χ1v) is 13.8. The lowest BCUT2D eigenvalue weighted by Gasteiger charge is -2.24. The SMILES string of the molecule is CN1CC=Cc2c1n(-c1cccc(-c3nc(-c4ccccc4)cc(-c4ccccc4)n3)c1)c1cc(Br)ccc21. The Bertz CT molecular complexity index is 1800. The van der Waals surface area contributed by atoms with E-state index in [9.17, 15) is 0 Å². The van der Waals surface area contributed by atoms with E-state index in [2.05, 4.69) is 117 Å². The maximum atomic E-state index is 5.05. The van der Waals surface area contributed by atoms with E-state index in [4.69, 9.17) is 9.97 Å². The number of hydrogen-bond acceptors (Lipinski definition) is 3. The van der Waals surface area contributed by atoms with Crippen LogP contribution < -0.4 is 4.90 Å². The lowest BCUT2D eigenvalue weighted by Crippen LogP contribution is -2.22. The van der Waals surface area contributed by atoms with Crippen molar-refractivity contribution in [1.82, 2.24) is 14.5 Å². The van der Waals surface area contributed by atoms with Crippen molar-refractivity contribution in [2.24, 2.45) is 0 Å². The molecule has 0 amide bonds. The molecule has 5 heteroatoms. The zero-order valence-corrected chi connectivity index (χ0v) is 23.0. The van der Waals surface area contributed by atoms with E-state index in [1.165, 1.54) is 16.8 Å². The van der Waals surface area contributed by atoms with Crippen LogP contribution in [0.15, 0.2) is 120 Å². The molecule has 188 valence electrons. The van der Waals surface area contributed by atoms with Crippen LogP contribution >= 0.6 is 15.9 Å². The van der Waals surface area contributed by atoms with E-state index in [1.807, 2.05) is 36.4 Å². The highest BCUT2D eigenvalue weighted by molar-refractivity contribution is 9.10. The minimum Gasteiger partial charge on any atom is -0.357 e. The molecule has 0 saturated heterocycles. The van der Waals surface area contributed by atoms with Crippen molar-refractivity contribution in [3.8, 4) is 39.6 Å². The van der Waals surface area contributed by atoms with Crippen molar-refractivity contribution in [1.29, 1.82) is 0 Å². The molecule has 0 bridgehead atoms. The number of likely N-dealkylation sites (N-methyl/N-ethyl adjacent to an activating group) is 1. The van der Waals surface area contributed by atoms with Gasteiger partial charge in [-0.2, -0.15) is 0 Å². The van der Waals surface area contributed by atoms with Gasteiger partial charge in [0, 0.05) is 51.4 Å². The molecule has 2 aromatic heterocycles. The van der Waals surface area contributed by atoms with Crippen LogP contribution in [0.1, 0.15) is 5.56 Å². The number of benzene rings is 4. The van der Waals surface area contributed by atoms with Crippen molar-refractivity contribution >= 4 is 38.7 Å². The smallest absolute Gasteiger partial charge is 0.160 e. The Morgan fingerprint density at radius 2 is 1.36 bits per heavy atom. The first-order valence-electron chi connectivity index (χ1n) is 13.0. The Balaban J connectivity index is 1.43. The monoisotopic (exact) mass is 568 g/mol. The predicted octanol–water partition coefficient (Wildman–Crippen LogP) is 8.65. The Kier molecular flexibility index (Phi) is 5.86. The Morgan fingerprint density at radius 3 is 2.05 bits per heavy atom. The fourth-order valence-corrected chi connectivity index (χ4v) is 5.71. The lowest BCUT2D eigenvalue weighted by molar-refractivity contribution is 0.945. The first kappa shape index (κ1) is 23.6. The summed E-state index contributed by atoms with van der Waals surface area (Å²) in [6, 6.07) is 37.7. The summed E-state index contributed by atoms with van der Waals surface area (Å²) in [4.78, 5) is 12.4. The molecule has 0 aliphatic carbocycles. The van der Waals surface area contributed by atoms with Gasteiger partial charge in [-0.05, 0) is 30.3 Å². The van der Waals surface area contributed by atoms with E-state index in [0.29, 0.717) is 5.82 Å². The molecule has 4 nitrogen and oxygen atoms in total. The van der Waals surface area contributed by atoms with Gasteiger partial charge in [-0.15, -0.1) is 0 Å². The number of halogens is 1. The standard InChI is InChI=1S/C34H25BrN4/c1-38-19-9-16-29-28-18-17-26(35)21-32(28)39(34(29)38)27-15-8-14-25(20-27)33-36-30(23-10-4-2-5-11-23)22-31(37-33)24-12-6-3-7-13-24/h2-18,20-22H,19H2,1H3. The topological polar surface area (TPSA) is 34.0 Å². The van der Waals surface area contributed by atoms with Gasteiger partial charge in [0.2, 0.25) is 0 Å². The molecule has 1 aliphatic rings. The number of nitrogens with zero attached hydrogens (tertiary/aromatic N) is 4. The summed E-state index contributed by atoms with van der Waals surface area (Å²) in [7, 11) is 2.15. The minimum absolute atomic E-state index is 0.705. The van der Waals surface area contributed by atoms with Gasteiger partial charge in [0.1, 0.15) is 5.82 Å². The third-order valence-electron chi connectivity index (χ3n) is 7.20. The molecule has 6 aromatic rings. The van der Waals surface area contributed by atoms with Gasteiger partial charge >= 0.3 is 0 Å². The van der Waals surface area contributed by atoms with Gasteiger partial charge < -0.3 is 4.90 Å². The van der Waals surface area contributed by atoms with E-state index < -0.39 is 0 Å². The van der Waals surface area contributed by atoms with Gasteiger partial charge in [0.15, 0.2) is 5.82 Å². The molecule has 0 N–H and O–H groups in total. The molecule has 1 aliphatic heterocycles. The number of aromatic nitrogens is 3. The summed E-state index contributed by atoms with van der Waals surface area (Å²) < 4.78 is 3.40. The molecule has 0 radical (unpaired) electrons. The molecular weight excluding hydrogens is 544 g/mol. The second-order valence-corrected chi connectivity index (χ2v) is 10.7. The fraction of sp³-hybridized carbons (Fsp3) is 0.0588. The number of hydrogen-bond donors (Lipinski definition) is 0. The number of rotatable bonds is 4. The predicted molar refractivity (Wildman–Crippen MR) is 165 cm³/mol. The second kappa shape index (κ2) is 9.68. The zero-order valence-electron chi connectivity index (χ0n) is 21.4. The van der Waals surface area contributed by atoms with Gasteiger partial charge in [-0.25, -0.2) is 9.97 Å². The first-order chi connectivity index (χ1) is 19.2. The maximum Gasteiger partial charge on any atom is 0.160 e. The molecule has 0 saturated carbocycles. The highest BCUT2D eigenvalue weighted by atomic mass is 79.9. The zero-order chi connectivity index (χ0) is 26.3.